The first-order valence-corrected chi connectivity index (χ1v) is 10.5. The molecular weight excluding hydrogens is 366 g/mol. The minimum absolute atomic E-state index is 0.243. The molecule has 0 N–H and O–H groups in total. The van der Waals surface area contributed by atoms with E-state index in [2.05, 4.69) is 23.7 Å². The number of fused-ring (bicyclic) bond motifs is 1. The molecule has 0 atom stereocenters. The third kappa shape index (κ3) is 5.31. The van der Waals surface area contributed by atoms with Crippen molar-refractivity contribution < 1.29 is 14.3 Å². The molecule has 158 valence electrons. The van der Waals surface area contributed by atoms with Crippen LogP contribution in [0.15, 0.2) is 24.3 Å². The molecule has 0 saturated carbocycles. The van der Waals surface area contributed by atoms with Crippen LogP contribution in [0, 0.1) is 0 Å². The Hall–Kier alpha value is -2.50. The number of hydrogen-bond acceptors (Lipinski definition) is 4. The van der Waals surface area contributed by atoms with E-state index in [0.717, 1.165) is 43.7 Å². The average molecular weight is 400 g/mol. The number of carbonyl (C=O) groups is 1. The predicted octanol–water partition coefficient (Wildman–Crippen LogP) is 4.58. The number of aromatic nitrogens is 2. The highest BCUT2D eigenvalue weighted by Gasteiger charge is 2.30. The van der Waals surface area contributed by atoms with Crippen molar-refractivity contribution in [2.24, 2.45) is 0 Å². The van der Waals surface area contributed by atoms with Gasteiger partial charge in [0.25, 0.3) is 0 Å². The van der Waals surface area contributed by atoms with Crippen LogP contribution in [0.3, 0.4) is 0 Å². The molecule has 1 aliphatic rings. The van der Waals surface area contributed by atoms with Gasteiger partial charge < -0.3 is 14.4 Å². The molecule has 6 nitrogen and oxygen atoms in total. The number of aryl methyl sites for hydroxylation is 1. The number of methoxy groups -OCH3 is 1. The summed E-state index contributed by atoms with van der Waals surface area (Å²) in [6.07, 6.45) is 3.71. The summed E-state index contributed by atoms with van der Waals surface area (Å²) in [7, 11) is 1.68. The molecule has 29 heavy (non-hydrogen) atoms. The fourth-order valence-corrected chi connectivity index (χ4v) is 3.62. The van der Waals surface area contributed by atoms with Crippen molar-refractivity contribution in [3.05, 3.63) is 46.8 Å². The normalized spacial score (nSPS) is 13.9. The molecule has 3 rings (SSSR count). The Kier molecular flexibility index (Phi) is 6.50. The number of ether oxygens (including phenoxy) is 2. The van der Waals surface area contributed by atoms with Crippen molar-refractivity contribution in [2.75, 3.05) is 13.7 Å². The topological polar surface area (TPSA) is 56.6 Å². The lowest BCUT2D eigenvalue weighted by molar-refractivity contribution is 0.0222. The van der Waals surface area contributed by atoms with Crippen LogP contribution in [0.4, 0.5) is 4.79 Å². The Morgan fingerprint density at radius 1 is 1.21 bits per heavy atom. The van der Waals surface area contributed by atoms with Gasteiger partial charge in [0.05, 0.1) is 25.9 Å². The summed E-state index contributed by atoms with van der Waals surface area (Å²) in [5.74, 6) is 0.855. The lowest BCUT2D eigenvalue weighted by atomic mass is 10.0. The minimum Gasteiger partial charge on any atom is -0.497 e. The Morgan fingerprint density at radius 2 is 1.93 bits per heavy atom. The van der Waals surface area contributed by atoms with Crippen LogP contribution in [0.2, 0.25) is 0 Å². The van der Waals surface area contributed by atoms with Crippen LogP contribution in [-0.4, -0.2) is 40.0 Å². The Bertz CT molecular complexity index is 834. The Morgan fingerprint density at radius 3 is 2.55 bits per heavy atom. The number of carbonyl (C=O) groups excluding carboxylic acids is 1. The second-order valence-corrected chi connectivity index (χ2v) is 8.63. The first kappa shape index (κ1) is 21.2. The van der Waals surface area contributed by atoms with Gasteiger partial charge in [0, 0.05) is 24.2 Å². The molecule has 2 heterocycles. The highest BCUT2D eigenvalue weighted by molar-refractivity contribution is 5.68. The van der Waals surface area contributed by atoms with Crippen LogP contribution >= 0.6 is 0 Å². The molecule has 0 bridgehead atoms. The first-order chi connectivity index (χ1) is 13.8. The highest BCUT2D eigenvalue weighted by Crippen LogP contribution is 2.26. The van der Waals surface area contributed by atoms with Crippen molar-refractivity contribution >= 4 is 6.09 Å². The molecule has 1 aromatic heterocycles. The fourth-order valence-electron chi connectivity index (χ4n) is 3.62. The van der Waals surface area contributed by atoms with Gasteiger partial charge in [-0.15, -0.1) is 0 Å². The minimum atomic E-state index is -0.485. The molecule has 0 saturated heterocycles. The SMILES string of the molecule is CCCCc1nn(Cc2ccc(OC)cc2)c2c1CN(C(=O)OC(C)(C)C)CC2. The Balaban J connectivity index is 1.82. The maximum atomic E-state index is 12.6. The fraction of sp³-hybridized carbons (Fsp3) is 0.565. The zero-order valence-corrected chi connectivity index (χ0v) is 18.3. The molecule has 0 radical (unpaired) electrons. The maximum Gasteiger partial charge on any atom is 0.410 e. The number of nitrogens with zero attached hydrogens (tertiary/aromatic N) is 3. The molecule has 1 aliphatic heterocycles. The summed E-state index contributed by atoms with van der Waals surface area (Å²) in [5, 5.41) is 4.94. The average Bonchev–Trinajstić information content (AvgIpc) is 3.02. The summed E-state index contributed by atoms with van der Waals surface area (Å²) in [6, 6.07) is 8.12. The van der Waals surface area contributed by atoms with Gasteiger partial charge in [-0.3, -0.25) is 4.68 Å². The van der Waals surface area contributed by atoms with Crippen LogP contribution in [0.25, 0.3) is 0 Å². The van der Waals surface area contributed by atoms with Crippen molar-refractivity contribution in [2.45, 2.75) is 72.1 Å². The molecule has 1 aromatic carbocycles. The van der Waals surface area contributed by atoms with Gasteiger partial charge in [0.15, 0.2) is 0 Å². The maximum absolute atomic E-state index is 12.6. The molecule has 2 aromatic rings. The van der Waals surface area contributed by atoms with E-state index in [4.69, 9.17) is 14.6 Å². The van der Waals surface area contributed by atoms with E-state index in [1.807, 2.05) is 37.8 Å². The third-order valence-electron chi connectivity index (χ3n) is 5.13. The van der Waals surface area contributed by atoms with Crippen LogP contribution in [0.5, 0.6) is 5.75 Å². The molecule has 0 aliphatic carbocycles. The predicted molar refractivity (Wildman–Crippen MR) is 113 cm³/mol. The quantitative estimate of drug-likeness (QED) is 0.714. The number of hydrogen-bond donors (Lipinski definition) is 0. The van der Waals surface area contributed by atoms with Gasteiger partial charge >= 0.3 is 6.09 Å². The third-order valence-corrected chi connectivity index (χ3v) is 5.13. The van der Waals surface area contributed by atoms with Gasteiger partial charge in [-0.05, 0) is 51.3 Å². The summed E-state index contributed by atoms with van der Waals surface area (Å²) in [4.78, 5) is 14.4. The first-order valence-electron chi connectivity index (χ1n) is 10.5. The number of benzene rings is 1. The van der Waals surface area contributed by atoms with Gasteiger partial charge in [0.1, 0.15) is 11.4 Å². The number of unbranched alkanes of at least 4 members (excludes halogenated alkanes) is 1. The second kappa shape index (κ2) is 8.89. The van der Waals surface area contributed by atoms with E-state index < -0.39 is 5.60 Å². The lowest BCUT2D eigenvalue weighted by Crippen LogP contribution is -2.40. The molecule has 0 unspecified atom stereocenters. The zero-order valence-electron chi connectivity index (χ0n) is 18.3. The smallest absolute Gasteiger partial charge is 0.410 e. The van der Waals surface area contributed by atoms with E-state index in [0.29, 0.717) is 13.1 Å². The van der Waals surface area contributed by atoms with E-state index in [1.54, 1.807) is 7.11 Å². The molecular formula is C23H33N3O3. The van der Waals surface area contributed by atoms with Crippen LogP contribution in [0.1, 0.15) is 63.1 Å². The molecule has 0 spiro atoms. The highest BCUT2D eigenvalue weighted by atomic mass is 16.6. The lowest BCUT2D eigenvalue weighted by Gasteiger charge is -2.30. The van der Waals surface area contributed by atoms with E-state index in [-0.39, 0.29) is 6.09 Å². The van der Waals surface area contributed by atoms with Crippen molar-refractivity contribution in [1.29, 1.82) is 0 Å². The van der Waals surface area contributed by atoms with Gasteiger partial charge in [-0.1, -0.05) is 25.5 Å². The largest absolute Gasteiger partial charge is 0.497 e. The molecule has 0 fully saturated rings. The standard InChI is InChI=1S/C23H33N3O3/c1-6-7-8-20-19-16-25(22(27)29-23(2,3)4)14-13-21(19)26(24-20)15-17-9-11-18(28-5)12-10-17/h9-12H,6-8,13-16H2,1-5H3. The molecule has 6 heteroatoms. The van der Waals surface area contributed by atoms with Gasteiger partial charge in [-0.2, -0.15) is 5.10 Å². The number of rotatable bonds is 6. The van der Waals surface area contributed by atoms with Crippen molar-refractivity contribution in [3.63, 3.8) is 0 Å². The van der Waals surface area contributed by atoms with E-state index in [9.17, 15) is 4.79 Å². The summed E-state index contributed by atoms with van der Waals surface area (Å²) >= 11 is 0. The van der Waals surface area contributed by atoms with Crippen LogP contribution < -0.4 is 4.74 Å². The summed E-state index contributed by atoms with van der Waals surface area (Å²) in [6.45, 7) is 9.85. The van der Waals surface area contributed by atoms with Crippen LogP contribution in [-0.2, 0) is 30.7 Å². The Labute approximate surface area is 173 Å². The summed E-state index contributed by atoms with van der Waals surface area (Å²) < 4.78 is 13.0. The van der Waals surface area contributed by atoms with E-state index >= 15 is 0 Å². The zero-order chi connectivity index (χ0) is 21.0. The van der Waals surface area contributed by atoms with Crippen molar-refractivity contribution in [1.82, 2.24) is 14.7 Å². The van der Waals surface area contributed by atoms with Gasteiger partial charge in [-0.25, -0.2) is 4.79 Å². The van der Waals surface area contributed by atoms with Gasteiger partial charge in [0.2, 0.25) is 0 Å². The monoisotopic (exact) mass is 399 g/mol. The summed E-state index contributed by atoms with van der Waals surface area (Å²) in [5.41, 5.74) is 4.26. The van der Waals surface area contributed by atoms with Crippen molar-refractivity contribution in [3.8, 4) is 5.75 Å². The number of amides is 1. The second-order valence-electron chi connectivity index (χ2n) is 8.63. The molecule has 1 amide bonds. The van der Waals surface area contributed by atoms with E-state index in [1.165, 1.54) is 16.8 Å².